The molecule has 6 nitrogen and oxygen atoms in total. The Bertz CT molecular complexity index is 639. The first-order chi connectivity index (χ1) is 8.99. The van der Waals surface area contributed by atoms with Crippen molar-refractivity contribution < 1.29 is 14.7 Å². The summed E-state index contributed by atoms with van der Waals surface area (Å²) in [7, 11) is 0. The Morgan fingerprint density at radius 3 is 2.68 bits per heavy atom. The molecule has 0 aliphatic heterocycles. The van der Waals surface area contributed by atoms with Crippen molar-refractivity contribution in [2.45, 2.75) is 6.92 Å². The molecule has 0 unspecified atom stereocenters. The summed E-state index contributed by atoms with van der Waals surface area (Å²) in [5.74, 6) is -1.62. The third-order valence-electron chi connectivity index (χ3n) is 2.26. The van der Waals surface area contributed by atoms with E-state index >= 15 is 0 Å². The summed E-state index contributed by atoms with van der Waals surface area (Å²) < 4.78 is 0. The van der Waals surface area contributed by atoms with Crippen LogP contribution in [0.3, 0.4) is 0 Å². The Kier molecular flexibility index (Phi) is 3.77. The van der Waals surface area contributed by atoms with Gasteiger partial charge in [0.25, 0.3) is 5.91 Å². The maximum atomic E-state index is 11.9. The predicted molar refractivity (Wildman–Crippen MR) is 71.0 cm³/mol. The fraction of sp³-hybridized carbons (Fsp3) is 0.0909. The number of nitrogens with one attached hydrogen (secondary N) is 1. The van der Waals surface area contributed by atoms with Crippen LogP contribution in [0.15, 0.2) is 17.8 Å². The number of halogens is 1. The average Bonchev–Trinajstić information content (AvgIpc) is 2.72. The topological polar surface area (TPSA) is 92.2 Å². The van der Waals surface area contributed by atoms with E-state index in [9.17, 15) is 9.59 Å². The van der Waals surface area contributed by atoms with Crippen LogP contribution in [0.2, 0.25) is 5.15 Å². The SMILES string of the molecule is Cc1csc(C(=O)O)c1NC(=O)c1cnc(Cl)cn1. The summed E-state index contributed by atoms with van der Waals surface area (Å²) in [6.07, 6.45) is 2.47. The molecule has 1 amide bonds. The molecular formula is C11H8ClN3O3S. The van der Waals surface area contributed by atoms with Gasteiger partial charge in [-0.15, -0.1) is 11.3 Å². The molecule has 0 aromatic carbocycles. The zero-order valence-corrected chi connectivity index (χ0v) is 11.2. The number of carboxylic acid groups (broad SMARTS) is 1. The van der Waals surface area contributed by atoms with Crippen molar-refractivity contribution in [3.8, 4) is 0 Å². The summed E-state index contributed by atoms with van der Waals surface area (Å²) in [5.41, 5.74) is 1.02. The highest BCUT2D eigenvalue weighted by atomic mass is 35.5. The first-order valence-electron chi connectivity index (χ1n) is 5.09. The second kappa shape index (κ2) is 5.33. The van der Waals surface area contributed by atoms with Crippen LogP contribution in [-0.2, 0) is 0 Å². The van der Waals surface area contributed by atoms with Crippen LogP contribution in [0.25, 0.3) is 0 Å². The minimum atomic E-state index is -1.09. The highest BCUT2D eigenvalue weighted by Crippen LogP contribution is 2.27. The zero-order chi connectivity index (χ0) is 14.0. The first-order valence-corrected chi connectivity index (χ1v) is 6.35. The molecular weight excluding hydrogens is 290 g/mol. The number of aromatic carboxylic acids is 1. The molecule has 2 N–H and O–H groups in total. The summed E-state index contributed by atoms with van der Waals surface area (Å²) >= 11 is 6.62. The molecule has 0 spiro atoms. The number of anilines is 1. The normalized spacial score (nSPS) is 10.2. The third-order valence-corrected chi connectivity index (χ3v) is 3.54. The minimum Gasteiger partial charge on any atom is -0.477 e. The van der Waals surface area contributed by atoms with Crippen molar-refractivity contribution in [1.82, 2.24) is 9.97 Å². The lowest BCUT2D eigenvalue weighted by Gasteiger charge is -2.05. The van der Waals surface area contributed by atoms with Crippen LogP contribution in [0.1, 0.15) is 25.7 Å². The molecule has 0 aliphatic carbocycles. The van der Waals surface area contributed by atoms with E-state index in [2.05, 4.69) is 15.3 Å². The van der Waals surface area contributed by atoms with Crippen LogP contribution in [-0.4, -0.2) is 27.0 Å². The molecule has 0 bridgehead atoms. The smallest absolute Gasteiger partial charge is 0.348 e. The third kappa shape index (κ3) is 2.88. The average molecular weight is 298 g/mol. The standard InChI is InChI=1S/C11H8ClN3O3S/c1-5-4-19-9(11(17)18)8(5)15-10(16)6-2-14-7(12)3-13-6/h2-4H,1H3,(H,15,16)(H,17,18). The van der Waals surface area contributed by atoms with Gasteiger partial charge in [0.2, 0.25) is 0 Å². The van der Waals surface area contributed by atoms with Gasteiger partial charge in [-0.2, -0.15) is 0 Å². The number of hydrogen-bond donors (Lipinski definition) is 2. The molecule has 0 radical (unpaired) electrons. The number of hydrogen-bond acceptors (Lipinski definition) is 5. The molecule has 0 saturated heterocycles. The molecule has 98 valence electrons. The van der Waals surface area contributed by atoms with Crippen molar-refractivity contribution >= 4 is 40.5 Å². The Morgan fingerprint density at radius 2 is 2.11 bits per heavy atom. The van der Waals surface area contributed by atoms with E-state index in [4.69, 9.17) is 16.7 Å². The lowest BCUT2D eigenvalue weighted by Crippen LogP contribution is -2.16. The molecule has 2 aromatic rings. The number of nitrogens with zero attached hydrogens (tertiary/aromatic N) is 2. The Labute approximate surface area is 117 Å². The van der Waals surface area contributed by atoms with E-state index in [0.717, 1.165) is 11.3 Å². The van der Waals surface area contributed by atoms with Crippen molar-refractivity contribution in [3.63, 3.8) is 0 Å². The van der Waals surface area contributed by atoms with Crippen molar-refractivity contribution in [2.75, 3.05) is 5.32 Å². The number of amides is 1. The van der Waals surface area contributed by atoms with Gasteiger partial charge < -0.3 is 10.4 Å². The lowest BCUT2D eigenvalue weighted by molar-refractivity contribution is 0.0703. The van der Waals surface area contributed by atoms with Crippen molar-refractivity contribution in [2.24, 2.45) is 0 Å². The van der Waals surface area contributed by atoms with E-state index in [0.29, 0.717) is 5.56 Å². The number of rotatable bonds is 3. The molecule has 8 heteroatoms. The highest BCUT2D eigenvalue weighted by molar-refractivity contribution is 7.12. The maximum absolute atomic E-state index is 11.9. The van der Waals surface area contributed by atoms with E-state index in [1.54, 1.807) is 12.3 Å². The largest absolute Gasteiger partial charge is 0.477 e. The van der Waals surface area contributed by atoms with Crippen LogP contribution in [0.4, 0.5) is 5.69 Å². The fourth-order valence-corrected chi connectivity index (χ4v) is 2.30. The quantitative estimate of drug-likeness (QED) is 0.908. The van der Waals surface area contributed by atoms with Crippen molar-refractivity contribution in [1.29, 1.82) is 0 Å². The van der Waals surface area contributed by atoms with Gasteiger partial charge in [-0.1, -0.05) is 11.6 Å². The van der Waals surface area contributed by atoms with Gasteiger partial charge in [-0.25, -0.2) is 14.8 Å². The number of carboxylic acids is 1. The molecule has 0 saturated carbocycles. The second-order valence-electron chi connectivity index (χ2n) is 3.61. The van der Waals surface area contributed by atoms with E-state index in [1.165, 1.54) is 12.4 Å². The van der Waals surface area contributed by atoms with E-state index < -0.39 is 11.9 Å². The second-order valence-corrected chi connectivity index (χ2v) is 4.87. The maximum Gasteiger partial charge on any atom is 0.348 e. The lowest BCUT2D eigenvalue weighted by atomic mass is 10.2. The summed E-state index contributed by atoms with van der Waals surface area (Å²) in [5, 5.41) is 13.4. The van der Waals surface area contributed by atoms with Gasteiger partial charge >= 0.3 is 5.97 Å². The van der Waals surface area contributed by atoms with E-state index in [1.807, 2.05) is 0 Å². The highest BCUT2D eigenvalue weighted by Gasteiger charge is 2.18. The number of aromatic nitrogens is 2. The Hall–Kier alpha value is -1.99. The molecule has 2 heterocycles. The van der Waals surface area contributed by atoms with Gasteiger partial charge in [0.15, 0.2) is 0 Å². The van der Waals surface area contributed by atoms with Crippen molar-refractivity contribution in [3.05, 3.63) is 39.1 Å². The Morgan fingerprint density at radius 1 is 1.37 bits per heavy atom. The zero-order valence-electron chi connectivity index (χ0n) is 9.68. The molecule has 2 rings (SSSR count). The Balaban J connectivity index is 2.26. The number of thiophene rings is 1. The van der Waals surface area contributed by atoms with E-state index in [-0.39, 0.29) is 21.4 Å². The summed E-state index contributed by atoms with van der Waals surface area (Å²) in [4.78, 5) is 30.5. The molecule has 19 heavy (non-hydrogen) atoms. The molecule has 0 fully saturated rings. The van der Waals surface area contributed by atoms with Crippen LogP contribution < -0.4 is 5.32 Å². The van der Waals surface area contributed by atoms with Crippen LogP contribution >= 0.6 is 22.9 Å². The summed E-state index contributed by atoms with van der Waals surface area (Å²) in [6, 6.07) is 0. The number of carbonyl (C=O) groups excluding carboxylic acids is 1. The molecule has 0 atom stereocenters. The number of aryl methyl sites for hydroxylation is 1. The number of carbonyl (C=O) groups is 2. The molecule has 0 aliphatic rings. The summed E-state index contributed by atoms with van der Waals surface area (Å²) in [6.45, 7) is 1.71. The van der Waals surface area contributed by atoms with Gasteiger partial charge in [0.05, 0.1) is 18.1 Å². The minimum absolute atomic E-state index is 0.0614. The van der Waals surface area contributed by atoms with Crippen LogP contribution in [0.5, 0.6) is 0 Å². The first kappa shape index (κ1) is 13.4. The van der Waals surface area contributed by atoms with Gasteiger partial charge in [0.1, 0.15) is 15.7 Å². The van der Waals surface area contributed by atoms with Gasteiger partial charge in [-0.3, -0.25) is 4.79 Å². The van der Waals surface area contributed by atoms with Crippen LogP contribution in [0, 0.1) is 6.92 Å². The van der Waals surface area contributed by atoms with Gasteiger partial charge in [-0.05, 0) is 17.9 Å². The van der Waals surface area contributed by atoms with Gasteiger partial charge in [0, 0.05) is 0 Å². The monoisotopic (exact) mass is 297 g/mol. The fourth-order valence-electron chi connectivity index (χ4n) is 1.36. The predicted octanol–water partition coefficient (Wildman–Crippen LogP) is 2.45. The molecule has 2 aromatic heterocycles.